The molecule has 6 heteroatoms. The molecule has 1 saturated carbocycles. The Kier molecular flexibility index (Phi) is 8.04. The van der Waals surface area contributed by atoms with Crippen LogP contribution in [0.5, 0.6) is 0 Å². The van der Waals surface area contributed by atoms with Crippen LogP contribution in [0.3, 0.4) is 0 Å². The largest absolute Gasteiger partial charge is 0.355 e. The van der Waals surface area contributed by atoms with Gasteiger partial charge in [-0.05, 0) is 31.8 Å². The van der Waals surface area contributed by atoms with E-state index in [2.05, 4.69) is 16.0 Å². The van der Waals surface area contributed by atoms with Crippen molar-refractivity contribution < 1.29 is 9.59 Å². The monoisotopic (exact) mass is 317 g/mol. The molecule has 5 nitrogen and oxygen atoms in total. The fraction of sp³-hybridized carbons (Fsp3) is 0.867. The standard InChI is InChI=1S/C15H27N3O2.ClH/c1-11(12-9-16-10-12)15(20)17-8-7-14(19)18-13-5-3-2-4-6-13;/h11-13,16H,2-10H2,1H3,(H,17,20)(H,18,19);1H. The summed E-state index contributed by atoms with van der Waals surface area (Å²) in [4.78, 5) is 23.7. The highest BCUT2D eigenvalue weighted by atomic mass is 35.5. The van der Waals surface area contributed by atoms with Crippen molar-refractivity contribution in [1.29, 1.82) is 0 Å². The summed E-state index contributed by atoms with van der Waals surface area (Å²) in [5.74, 6) is 0.626. The predicted octanol–water partition coefficient (Wildman–Crippen LogP) is 1.22. The molecule has 0 radical (unpaired) electrons. The molecule has 0 spiro atoms. The van der Waals surface area contributed by atoms with Crippen molar-refractivity contribution in [2.24, 2.45) is 11.8 Å². The topological polar surface area (TPSA) is 70.2 Å². The van der Waals surface area contributed by atoms with E-state index in [9.17, 15) is 9.59 Å². The molecule has 0 aromatic heterocycles. The first-order valence-electron chi connectivity index (χ1n) is 7.94. The molecule has 2 fully saturated rings. The van der Waals surface area contributed by atoms with Gasteiger partial charge in [-0.15, -0.1) is 12.4 Å². The highest BCUT2D eigenvalue weighted by Gasteiger charge is 2.28. The van der Waals surface area contributed by atoms with Crippen molar-refractivity contribution in [2.45, 2.75) is 51.5 Å². The van der Waals surface area contributed by atoms with Crippen LogP contribution in [0.4, 0.5) is 0 Å². The molecule has 1 aliphatic heterocycles. The number of halogens is 1. The molecule has 1 heterocycles. The van der Waals surface area contributed by atoms with E-state index in [0.717, 1.165) is 25.9 Å². The van der Waals surface area contributed by atoms with Gasteiger partial charge in [-0.2, -0.15) is 0 Å². The average molecular weight is 318 g/mol. The van der Waals surface area contributed by atoms with Gasteiger partial charge in [0.2, 0.25) is 11.8 Å². The minimum absolute atomic E-state index is 0. The lowest BCUT2D eigenvalue weighted by Gasteiger charge is -2.31. The van der Waals surface area contributed by atoms with Crippen LogP contribution in [0.25, 0.3) is 0 Å². The zero-order valence-electron chi connectivity index (χ0n) is 12.8. The summed E-state index contributed by atoms with van der Waals surface area (Å²) in [5.41, 5.74) is 0. The molecule has 21 heavy (non-hydrogen) atoms. The number of hydrogen-bond donors (Lipinski definition) is 3. The lowest BCUT2D eigenvalue weighted by molar-refractivity contribution is -0.127. The quantitative estimate of drug-likeness (QED) is 0.690. The third-order valence-electron chi connectivity index (χ3n) is 4.56. The molecule has 1 aliphatic carbocycles. The second-order valence-electron chi connectivity index (χ2n) is 6.15. The van der Waals surface area contributed by atoms with Gasteiger partial charge in [-0.1, -0.05) is 26.2 Å². The van der Waals surface area contributed by atoms with Crippen LogP contribution in [0.2, 0.25) is 0 Å². The zero-order valence-corrected chi connectivity index (χ0v) is 13.6. The summed E-state index contributed by atoms with van der Waals surface area (Å²) in [5, 5.41) is 9.11. The Balaban J connectivity index is 0.00000220. The van der Waals surface area contributed by atoms with E-state index in [1.807, 2.05) is 6.92 Å². The number of hydrogen-bond acceptors (Lipinski definition) is 3. The van der Waals surface area contributed by atoms with Crippen molar-refractivity contribution >= 4 is 24.2 Å². The van der Waals surface area contributed by atoms with Crippen molar-refractivity contribution in [2.75, 3.05) is 19.6 Å². The maximum atomic E-state index is 11.9. The molecular formula is C15H28ClN3O2. The smallest absolute Gasteiger partial charge is 0.223 e. The number of nitrogens with one attached hydrogen (secondary N) is 3. The van der Waals surface area contributed by atoms with Crippen LogP contribution >= 0.6 is 12.4 Å². The lowest BCUT2D eigenvalue weighted by Crippen LogP contribution is -2.50. The van der Waals surface area contributed by atoms with Gasteiger partial charge in [0.25, 0.3) is 0 Å². The molecule has 2 rings (SSSR count). The number of amides is 2. The Hall–Kier alpha value is -0.810. The van der Waals surface area contributed by atoms with E-state index in [4.69, 9.17) is 0 Å². The van der Waals surface area contributed by atoms with Crippen molar-refractivity contribution in [3.05, 3.63) is 0 Å². The lowest BCUT2D eigenvalue weighted by atomic mass is 9.88. The van der Waals surface area contributed by atoms with Gasteiger partial charge < -0.3 is 16.0 Å². The summed E-state index contributed by atoms with van der Waals surface area (Å²) in [7, 11) is 0. The van der Waals surface area contributed by atoms with E-state index < -0.39 is 0 Å². The molecule has 2 aliphatic rings. The SMILES string of the molecule is CC(C(=O)NCCC(=O)NC1CCCCC1)C1CNC1.Cl. The molecule has 1 saturated heterocycles. The second kappa shape index (κ2) is 9.26. The van der Waals surface area contributed by atoms with Gasteiger partial charge in [0.1, 0.15) is 0 Å². The van der Waals surface area contributed by atoms with Crippen LogP contribution in [-0.2, 0) is 9.59 Å². The first-order chi connectivity index (χ1) is 9.66. The van der Waals surface area contributed by atoms with E-state index in [-0.39, 0.29) is 30.1 Å². The molecule has 122 valence electrons. The molecule has 1 unspecified atom stereocenters. The van der Waals surface area contributed by atoms with Gasteiger partial charge in [0.05, 0.1) is 0 Å². The Morgan fingerprint density at radius 3 is 2.43 bits per heavy atom. The maximum absolute atomic E-state index is 11.9. The molecule has 1 atom stereocenters. The van der Waals surface area contributed by atoms with Crippen LogP contribution < -0.4 is 16.0 Å². The first-order valence-corrected chi connectivity index (χ1v) is 7.94. The number of rotatable bonds is 6. The minimum atomic E-state index is 0. The number of carbonyl (C=O) groups is 2. The third-order valence-corrected chi connectivity index (χ3v) is 4.56. The molecular weight excluding hydrogens is 290 g/mol. The Labute approximate surface area is 133 Å². The van der Waals surface area contributed by atoms with Gasteiger partial charge in [-0.3, -0.25) is 9.59 Å². The maximum Gasteiger partial charge on any atom is 0.223 e. The normalized spacial score (nSPS) is 20.8. The molecule has 0 aromatic rings. The molecule has 0 aromatic carbocycles. The summed E-state index contributed by atoms with van der Waals surface area (Å²) in [6, 6.07) is 0.354. The Morgan fingerprint density at radius 1 is 1.19 bits per heavy atom. The Morgan fingerprint density at radius 2 is 1.86 bits per heavy atom. The van der Waals surface area contributed by atoms with Crippen LogP contribution in [0, 0.1) is 11.8 Å². The summed E-state index contributed by atoms with van der Waals surface area (Å²) >= 11 is 0. The van der Waals surface area contributed by atoms with E-state index in [0.29, 0.717) is 24.9 Å². The molecule has 2 amide bonds. The summed E-state index contributed by atoms with van der Waals surface area (Å²) < 4.78 is 0. The average Bonchev–Trinajstić information content (AvgIpc) is 2.37. The summed E-state index contributed by atoms with van der Waals surface area (Å²) in [6.45, 7) is 4.26. The van der Waals surface area contributed by atoms with Crippen molar-refractivity contribution in [3.63, 3.8) is 0 Å². The summed E-state index contributed by atoms with van der Waals surface area (Å²) in [6.07, 6.45) is 6.31. The zero-order chi connectivity index (χ0) is 14.4. The highest BCUT2D eigenvalue weighted by molar-refractivity contribution is 5.85. The van der Waals surface area contributed by atoms with Gasteiger partial charge in [0, 0.05) is 24.9 Å². The van der Waals surface area contributed by atoms with Crippen LogP contribution in [0.1, 0.15) is 45.4 Å². The van der Waals surface area contributed by atoms with E-state index in [1.165, 1.54) is 19.3 Å². The van der Waals surface area contributed by atoms with Crippen LogP contribution in [-0.4, -0.2) is 37.5 Å². The minimum Gasteiger partial charge on any atom is -0.355 e. The van der Waals surface area contributed by atoms with Gasteiger partial charge >= 0.3 is 0 Å². The van der Waals surface area contributed by atoms with Crippen molar-refractivity contribution in [1.82, 2.24) is 16.0 Å². The fourth-order valence-electron chi connectivity index (χ4n) is 2.89. The predicted molar refractivity (Wildman–Crippen MR) is 85.4 cm³/mol. The molecule has 0 bridgehead atoms. The van der Waals surface area contributed by atoms with Crippen molar-refractivity contribution in [3.8, 4) is 0 Å². The third kappa shape index (κ3) is 5.83. The highest BCUT2D eigenvalue weighted by Crippen LogP contribution is 2.17. The van der Waals surface area contributed by atoms with Gasteiger partial charge in [0.15, 0.2) is 0 Å². The first kappa shape index (κ1) is 18.2. The second-order valence-corrected chi connectivity index (χ2v) is 6.15. The van der Waals surface area contributed by atoms with Crippen LogP contribution in [0.15, 0.2) is 0 Å². The molecule has 3 N–H and O–H groups in total. The fourth-order valence-corrected chi connectivity index (χ4v) is 2.89. The Bertz CT molecular complexity index is 342. The van der Waals surface area contributed by atoms with Gasteiger partial charge in [-0.25, -0.2) is 0 Å². The van der Waals surface area contributed by atoms with E-state index >= 15 is 0 Å². The van der Waals surface area contributed by atoms with E-state index in [1.54, 1.807) is 0 Å². The number of carbonyl (C=O) groups excluding carboxylic acids is 2.